The summed E-state index contributed by atoms with van der Waals surface area (Å²) in [5.41, 5.74) is 1.70. The fraction of sp³-hybridized carbons (Fsp3) is 0.286. The van der Waals surface area contributed by atoms with E-state index in [0.717, 1.165) is 22.4 Å². The van der Waals surface area contributed by atoms with E-state index in [4.69, 9.17) is 4.74 Å². The Bertz CT molecular complexity index is 1460. The first-order valence-electron chi connectivity index (χ1n) is 12.5. The summed E-state index contributed by atoms with van der Waals surface area (Å²) >= 11 is 0. The molecule has 1 saturated heterocycles. The van der Waals surface area contributed by atoms with Crippen LogP contribution in [0.4, 0.5) is 0 Å². The number of nitrogens with one attached hydrogen (secondary N) is 1. The van der Waals surface area contributed by atoms with Crippen LogP contribution in [-0.2, 0) is 21.4 Å². The number of aromatic nitrogens is 2. The molecule has 1 fully saturated rings. The Morgan fingerprint density at radius 1 is 1.03 bits per heavy atom. The first kappa shape index (κ1) is 25.0. The molecule has 0 atom stereocenters. The molecule has 0 spiro atoms. The predicted octanol–water partition coefficient (Wildman–Crippen LogP) is 4.80. The standard InChI is InChI=1S/C28H30N4O4S/c1-2-31(20-21-8-11-25(12-9-21)36-24-6-4-3-5-7-24)28(33)22-14-16-32(17-15-22)37(34,35)26-13-10-23-19-29-30-27(23)18-26/h3-13,18-19,22H,2,14-17,20H2,1H3,(H,29,30). The Morgan fingerprint density at radius 2 is 1.73 bits per heavy atom. The quantitative estimate of drug-likeness (QED) is 0.361. The number of rotatable bonds is 8. The molecule has 1 amide bonds. The second-order valence-corrected chi connectivity index (χ2v) is 11.1. The Kier molecular flexibility index (Phi) is 7.25. The van der Waals surface area contributed by atoms with Gasteiger partial charge >= 0.3 is 0 Å². The highest BCUT2D eigenvalue weighted by Gasteiger charge is 2.33. The molecule has 5 rings (SSSR count). The van der Waals surface area contributed by atoms with Crippen LogP contribution in [0.1, 0.15) is 25.3 Å². The summed E-state index contributed by atoms with van der Waals surface area (Å²) in [5, 5.41) is 7.64. The molecule has 2 heterocycles. The molecule has 4 aromatic rings. The van der Waals surface area contributed by atoms with E-state index in [1.807, 2.05) is 66.4 Å². The smallest absolute Gasteiger partial charge is 0.243 e. The molecule has 3 aromatic carbocycles. The van der Waals surface area contributed by atoms with Crippen LogP contribution in [0.3, 0.4) is 0 Å². The third-order valence-electron chi connectivity index (χ3n) is 6.82. The van der Waals surface area contributed by atoms with Crippen molar-refractivity contribution in [2.24, 2.45) is 5.92 Å². The SMILES string of the molecule is CCN(Cc1ccc(Oc2ccccc2)cc1)C(=O)C1CCN(S(=O)(=O)c2ccc3cn[nH]c3c2)CC1. The number of hydrogen-bond acceptors (Lipinski definition) is 5. The maximum Gasteiger partial charge on any atom is 0.243 e. The Hall–Kier alpha value is -3.69. The number of para-hydroxylation sites is 1. The zero-order valence-electron chi connectivity index (χ0n) is 20.7. The summed E-state index contributed by atoms with van der Waals surface area (Å²) in [4.78, 5) is 15.4. The van der Waals surface area contributed by atoms with Crippen molar-refractivity contribution in [3.8, 4) is 11.5 Å². The second kappa shape index (κ2) is 10.7. The van der Waals surface area contributed by atoms with Crippen LogP contribution in [0.5, 0.6) is 11.5 Å². The minimum absolute atomic E-state index is 0.0723. The maximum atomic E-state index is 13.3. The van der Waals surface area contributed by atoms with Crippen molar-refractivity contribution < 1.29 is 17.9 Å². The number of fused-ring (bicyclic) bond motifs is 1. The largest absolute Gasteiger partial charge is 0.457 e. The number of carbonyl (C=O) groups is 1. The van der Waals surface area contributed by atoms with Gasteiger partial charge in [0.15, 0.2) is 0 Å². The van der Waals surface area contributed by atoms with Gasteiger partial charge in [0.1, 0.15) is 11.5 Å². The van der Waals surface area contributed by atoms with Crippen molar-refractivity contribution in [2.75, 3.05) is 19.6 Å². The van der Waals surface area contributed by atoms with Crippen LogP contribution in [0.15, 0.2) is 83.9 Å². The molecule has 1 aromatic heterocycles. The highest BCUT2D eigenvalue weighted by molar-refractivity contribution is 7.89. The lowest BCUT2D eigenvalue weighted by atomic mass is 9.96. The molecule has 0 saturated carbocycles. The molecule has 0 aliphatic carbocycles. The van der Waals surface area contributed by atoms with E-state index in [1.54, 1.807) is 24.4 Å². The summed E-state index contributed by atoms with van der Waals surface area (Å²) in [7, 11) is -3.63. The highest BCUT2D eigenvalue weighted by Crippen LogP contribution is 2.27. The van der Waals surface area contributed by atoms with Crippen LogP contribution in [0.2, 0.25) is 0 Å². The van der Waals surface area contributed by atoms with Crippen molar-refractivity contribution in [1.82, 2.24) is 19.4 Å². The van der Waals surface area contributed by atoms with Crippen molar-refractivity contribution >= 4 is 26.8 Å². The lowest BCUT2D eigenvalue weighted by molar-refractivity contribution is -0.137. The average Bonchev–Trinajstić information content (AvgIpc) is 3.41. The zero-order chi connectivity index (χ0) is 25.8. The molecule has 0 radical (unpaired) electrons. The number of sulfonamides is 1. The first-order valence-corrected chi connectivity index (χ1v) is 13.9. The fourth-order valence-electron chi connectivity index (χ4n) is 4.68. The predicted molar refractivity (Wildman–Crippen MR) is 142 cm³/mol. The summed E-state index contributed by atoms with van der Waals surface area (Å²) in [5.74, 6) is 1.39. The molecule has 8 nitrogen and oxygen atoms in total. The van der Waals surface area contributed by atoms with Crippen LogP contribution < -0.4 is 4.74 Å². The summed E-state index contributed by atoms with van der Waals surface area (Å²) in [6.45, 7) is 3.70. The Labute approximate surface area is 216 Å². The average molecular weight is 519 g/mol. The van der Waals surface area contributed by atoms with Gasteiger partial charge in [-0.3, -0.25) is 9.89 Å². The molecule has 192 valence electrons. The van der Waals surface area contributed by atoms with Crippen LogP contribution in [0.25, 0.3) is 10.9 Å². The Morgan fingerprint density at radius 3 is 2.43 bits per heavy atom. The second-order valence-electron chi connectivity index (χ2n) is 9.21. The highest BCUT2D eigenvalue weighted by atomic mass is 32.2. The molecule has 0 bridgehead atoms. The van der Waals surface area contributed by atoms with E-state index < -0.39 is 10.0 Å². The molecule has 1 N–H and O–H groups in total. The van der Waals surface area contributed by atoms with E-state index in [9.17, 15) is 13.2 Å². The number of ether oxygens (including phenoxy) is 1. The van der Waals surface area contributed by atoms with E-state index >= 15 is 0 Å². The number of aromatic amines is 1. The van der Waals surface area contributed by atoms with Gasteiger partial charge in [0, 0.05) is 37.5 Å². The topological polar surface area (TPSA) is 95.6 Å². The molecule has 1 aliphatic heterocycles. The van der Waals surface area contributed by atoms with E-state index in [0.29, 0.717) is 44.5 Å². The number of hydrogen-bond donors (Lipinski definition) is 1. The van der Waals surface area contributed by atoms with Crippen molar-refractivity contribution in [3.63, 3.8) is 0 Å². The van der Waals surface area contributed by atoms with E-state index in [1.165, 1.54) is 4.31 Å². The van der Waals surface area contributed by atoms with Crippen molar-refractivity contribution in [3.05, 3.63) is 84.6 Å². The van der Waals surface area contributed by atoms with Gasteiger partial charge < -0.3 is 9.64 Å². The number of piperidine rings is 1. The van der Waals surface area contributed by atoms with E-state index in [-0.39, 0.29) is 16.7 Å². The van der Waals surface area contributed by atoms with Gasteiger partial charge in [-0.15, -0.1) is 0 Å². The van der Waals surface area contributed by atoms with Crippen LogP contribution in [-0.4, -0.2) is 53.4 Å². The molecule has 9 heteroatoms. The van der Waals surface area contributed by atoms with Gasteiger partial charge in [0.05, 0.1) is 16.6 Å². The number of amides is 1. The number of nitrogens with zero attached hydrogens (tertiary/aromatic N) is 3. The minimum atomic E-state index is -3.63. The van der Waals surface area contributed by atoms with E-state index in [2.05, 4.69) is 10.2 Å². The number of H-pyrrole nitrogens is 1. The normalized spacial score (nSPS) is 15.1. The lowest BCUT2D eigenvalue weighted by Crippen LogP contribution is -2.44. The van der Waals surface area contributed by atoms with Gasteiger partial charge in [-0.1, -0.05) is 30.3 Å². The van der Waals surface area contributed by atoms with Gasteiger partial charge in [-0.25, -0.2) is 8.42 Å². The monoisotopic (exact) mass is 518 g/mol. The van der Waals surface area contributed by atoms with Crippen LogP contribution >= 0.6 is 0 Å². The van der Waals surface area contributed by atoms with Crippen molar-refractivity contribution in [1.29, 1.82) is 0 Å². The summed E-state index contributed by atoms with van der Waals surface area (Å²) in [6, 6.07) is 22.3. The maximum absolute atomic E-state index is 13.3. The summed E-state index contributed by atoms with van der Waals surface area (Å²) < 4.78 is 33.7. The van der Waals surface area contributed by atoms with Gasteiger partial charge in [0.2, 0.25) is 15.9 Å². The van der Waals surface area contributed by atoms with Gasteiger partial charge in [0.25, 0.3) is 0 Å². The molecular formula is C28H30N4O4S. The molecule has 1 aliphatic rings. The summed E-state index contributed by atoms with van der Waals surface area (Å²) in [6.07, 6.45) is 2.67. The number of benzene rings is 3. The fourth-order valence-corrected chi connectivity index (χ4v) is 6.18. The molecule has 37 heavy (non-hydrogen) atoms. The minimum Gasteiger partial charge on any atom is -0.457 e. The first-order chi connectivity index (χ1) is 17.9. The van der Waals surface area contributed by atoms with Gasteiger partial charge in [-0.05, 0) is 67.8 Å². The van der Waals surface area contributed by atoms with Crippen LogP contribution in [0, 0.1) is 5.92 Å². The lowest BCUT2D eigenvalue weighted by Gasteiger charge is -2.33. The van der Waals surface area contributed by atoms with Gasteiger partial charge in [-0.2, -0.15) is 9.40 Å². The number of carbonyl (C=O) groups excluding carboxylic acids is 1. The van der Waals surface area contributed by atoms with Crippen molar-refractivity contribution in [2.45, 2.75) is 31.2 Å². The Balaban J connectivity index is 1.18. The zero-order valence-corrected chi connectivity index (χ0v) is 21.5. The molecular weight excluding hydrogens is 488 g/mol. The third kappa shape index (κ3) is 5.52. The molecule has 0 unspecified atom stereocenters. The third-order valence-corrected chi connectivity index (χ3v) is 8.72.